The van der Waals surface area contributed by atoms with Crippen molar-refractivity contribution in [1.82, 2.24) is 5.32 Å². The highest BCUT2D eigenvalue weighted by Crippen LogP contribution is 2.26. The van der Waals surface area contributed by atoms with Crippen molar-refractivity contribution in [2.45, 2.75) is 12.8 Å². The quantitative estimate of drug-likeness (QED) is 0.668. The van der Waals surface area contributed by atoms with Gasteiger partial charge in [0.05, 0.1) is 31.7 Å². The molecule has 0 aromatic heterocycles. The van der Waals surface area contributed by atoms with Gasteiger partial charge in [0.25, 0.3) is 0 Å². The van der Waals surface area contributed by atoms with Crippen molar-refractivity contribution in [3.8, 4) is 5.75 Å². The summed E-state index contributed by atoms with van der Waals surface area (Å²) in [5.74, 6) is 0.158. The maximum absolute atomic E-state index is 12.3. The van der Waals surface area contributed by atoms with E-state index in [0.29, 0.717) is 31.9 Å². The summed E-state index contributed by atoms with van der Waals surface area (Å²) < 4.78 is 10.6. The summed E-state index contributed by atoms with van der Waals surface area (Å²) in [4.78, 5) is 26.6. The molecule has 0 atom stereocenters. The number of carbonyl (C=O) groups excluding carboxylic acids is 2. The molecule has 1 heterocycles. The Hall–Kier alpha value is -3.06. The number of hydrogen-bond acceptors (Lipinski definition) is 5. The van der Waals surface area contributed by atoms with Gasteiger partial charge in [0, 0.05) is 19.6 Å². The van der Waals surface area contributed by atoms with E-state index in [2.05, 4.69) is 15.5 Å². The van der Waals surface area contributed by atoms with Crippen molar-refractivity contribution in [2.24, 2.45) is 0 Å². The van der Waals surface area contributed by atoms with E-state index in [9.17, 15) is 9.59 Å². The lowest BCUT2D eigenvalue weighted by atomic mass is 10.1. The van der Waals surface area contributed by atoms with Crippen LogP contribution in [0.4, 0.5) is 11.4 Å². The lowest BCUT2D eigenvalue weighted by Crippen LogP contribution is -2.37. The van der Waals surface area contributed by atoms with Crippen LogP contribution in [0.5, 0.6) is 5.75 Å². The van der Waals surface area contributed by atoms with Crippen LogP contribution < -0.4 is 20.3 Å². The molecule has 2 aromatic carbocycles. The third kappa shape index (κ3) is 6.22. The fourth-order valence-corrected chi connectivity index (χ4v) is 3.24. The molecule has 0 aliphatic carbocycles. The van der Waals surface area contributed by atoms with Crippen LogP contribution in [-0.2, 0) is 20.7 Å². The van der Waals surface area contributed by atoms with Crippen LogP contribution in [0, 0.1) is 0 Å². The van der Waals surface area contributed by atoms with Crippen molar-refractivity contribution in [3.05, 3.63) is 54.1 Å². The van der Waals surface area contributed by atoms with Crippen LogP contribution in [0.15, 0.2) is 48.5 Å². The summed E-state index contributed by atoms with van der Waals surface area (Å²) in [5.41, 5.74) is 2.72. The van der Waals surface area contributed by atoms with Gasteiger partial charge >= 0.3 is 0 Å². The van der Waals surface area contributed by atoms with Gasteiger partial charge in [0.1, 0.15) is 12.2 Å². The highest BCUT2D eigenvalue weighted by molar-refractivity contribution is 6.04. The van der Waals surface area contributed by atoms with E-state index >= 15 is 0 Å². The van der Waals surface area contributed by atoms with E-state index in [1.54, 1.807) is 7.11 Å². The molecule has 1 fully saturated rings. The van der Waals surface area contributed by atoms with Crippen LogP contribution in [0.1, 0.15) is 12.0 Å². The SMILES string of the molecule is COc1cccc(CCNC(=O)CC(=O)Nc2ccccc2N2CCOCC2)c1. The number of ether oxygens (including phenoxy) is 2. The Bertz CT molecular complexity index is 834. The molecule has 1 aliphatic heterocycles. The highest BCUT2D eigenvalue weighted by atomic mass is 16.5. The molecule has 1 aliphatic rings. The first-order valence-electron chi connectivity index (χ1n) is 9.77. The average molecular weight is 397 g/mol. The number of nitrogens with zero attached hydrogens (tertiary/aromatic N) is 1. The molecule has 0 spiro atoms. The van der Waals surface area contributed by atoms with Gasteiger partial charge in [-0.1, -0.05) is 24.3 Å². The molecule has 154 valence electrons. The number of para-hydroxylation sites is 2. The minimum absolute atomic E-state index is 0.213. The molecule has 29 heavy (non-hydrogen) atoms. The fourth-order valence-electron chi connectivity index (χ4n) is 3.24. The van der Waals surface area contributed by atoms with Gasteiger partial charge in [-0.2, -0.15) is 0 Å². The lowest BCUT2D eigenvalue weighted by molar-refractivity contribution is -0.126. The molecule has 7 heteroatoms. The molecule has 3 rings (SSSR count). The molecule has 2 aromatic rings. The molecule has 2 amide bonds. The fraction of sp³-hybridized carbons (Fsp3) is 0.364. The molecule has 7 nitrogen and oxygen atoms in total. The third-order valence-corrected chi connectivity index (χ3v) is 4.72. The molecular weight excluding hydrogens is 370 g/mol. The Labute approximate surface area is 171 Å². The first-order chi connectivity index (χ1) is 14.2. The minimum atomic E-state index is -0.329. The lowest BCUT2D eigenvalue weighted by Gasteiger charge is -2.30. The van der Waals surface area contributed by atoms with Crippen molar-refractivity contribution in [1.29, 1.82) is 0 Å². The van der Waals surface area contributed by atoms with Crippen molar-refractivity contribution in [3.63, 3.8) is 0 Å². The second-order valence-corrected chi connectivity index (χ2v) is 6.79. The summed E-state index contributed by atoms with van der Waals surface area (Å²) in [6.45, 7) is 3.34. The predicted octanol–water partition coefficient (Wildman–Crippen LogP) is 2.22. The number of amides is 2. The number of methoxy groups -OCH3 is 1. The van der Waals surface area contributed by atoms with E-state index < -0.39 is 0 Å². The van der Waals surface area contributed by atoms with E-state index in [1.165, 1.54) is 0 Å². The second kappa shape index (κ2) is 10.5. The standard InChI is InChI=1S/C22H27N3O4/c1-28-18-6-4-5-17(15-18)9-10-23-21(26)16-22(27)24-19-7-2-3-8-20(19)25-11-13-29-14-12-25/h2-8,15H,9-14,16H2,1H3,(H,23,26)(H,24,27). The average Bonchev–Trinajstić information content (AvgIpc) is 2.75. The Morgan fingerprint density at radius 2 is 1.86 bits per heavy atom. The molecule has 2 N–H and O–H groups in total. The van der Waals surface area contributed by atoms with Crippen LogP contribution in [0.2, 0.25) is 0 Å². The molecule has 0 bridgehead atoms. The number of morpholine rings is 1. The molecular formula is C22H27N3O4. The Balaban J connectivity index is 1.47. The Morgan fingerprint density at radius 1 is 1.07 bits per heavy atom. The molecule has 0 radical (unpaired) electrons. The van der Waals surface area contributed by atoms with E-state index in [0.717, 1.165) is 30.1 Å². The summed E-state index contributed by atoms with van der Waals surface area (Å²) in [6, 6.07) is 15.3. The van der Waals surface area contributed by atoms with Crippen molar-refractivity contribution < 1.29 is 19.1 Å². The van der Waals surface area contributed by atoms with Gasteiger partial charge in [0.2, 0.25) is 11.8 Å². The molecule has 0 saturated carbocycles. The monoisotopic (exact) mass is 397 g/mol. The maximum Gasteiger partial charge on any atom is 0.233 e. The van der Waals surface area contributed by atoms with Crippen LogP contribution >= 0.6 is 0 Å². The number of rotatable bonds is 8. The van der Waals surface area contributed by atoms with Gasteiger partial charge in [-0.15, -0.1) is 0 Å². The predicted molar refractivity (Wildman–Crippen MR) is 112 cm³/mol. The smallest absolute Gasteiger partial charge is 0.233 e. The topological polar surface area (TPSA) is 79.9 Å². The first-order valence-corrected chi connectivity index (χ1v) is 9.77. The largest absolute Gasteiger partial charge is 0.497 e. The van der Waals surface area contributed by atoms with Crippen LogP contribution in [0.25, 0.3) is 0 Å². The van der Waals surface area contributed by atoms with Crippen molar-refractivity contribution in [2.75, 3.05) is 50.2 Å². The van der Waals surface area contributed by atoms with Gasteiger partial charge < -0.3 is 25.0 Å². The summed E-state index contributed by atoms with van der Waals surface area (Å²) in [5, 5.41) is 5.66. The van der Waals surface area contributed by atoms with Crippen molar-refractivity contribution >= 4 is 23.2 Å². The summed E-state index contributed by atoms with van der Waals surface area (Å²) in [6.07, 6.45) is 0.458. The first kappa shape index (κ1) is 20.7. The van der Waals surface area contributed by atoms with E-state index in [4.69, 9.17) is 9.47 Å². The number of carbonyl (C=O) groups is 2. The second-order valence-electron chi connectivity index (χ2n) is 6.79. The number of nitrogens with one attached hydrogen (secondary N) is 2. The van der Waals surface area contributed by atoms with E-state index in [-0.39, 0.29) is 18.2 Å². The maximum atomic E-state index is 12.3. The van der Waals surface area contributed by atoms with Gasteiger partial charge in [-0.05, 0) is 36.2 Å². The number of hydrogen-bond donors (Lipinski definition) is 2. The summed E-state index contributed by atoms with van der Waals surface area (Å²) in [7, 11) is 1.62. The summed E-state index contributed by atoms with van der Waals surface area (Å²) >= 11 is 0. The van der Waals surface area contributed by atoms with Gasteiger partial charge in [-0.3, -0.25) is 9.59 Å². The molecule has 0 unspecified atom stereocenters. The van der Waals surface area contributed by atoms with Gasteiger partial charge in [-0.25, -0.2) is 0 Å². The van der Waals surface area contributed by atoms with E-state index in [1.807, 2.05) is 48.5 Å². The zero-order valence-corrected chi connectivity index (χ0v) is 16.6. The molecule has 1 saturated heterocycles. The normalized spacial score (nSPS) is 13.6. The minimum Gasteiger partial charge on any atom is -0.497 e. The van der Waals surface area contributed by atoms with Gasteiger partial charge in [0.15, 0.2) is 0 Å². The van der Waals surface area contributed by atoms with Crippen LogP contribution in [0.3, 0.4) is 0 Å². The zero-order chi connectivity index (χ0) is 20.5. The third-order valence-electron chi connectivity index (χ3n) is 4.72. The van der Waals surface area contributed by atoms with Crippen LogP contribution in [-0.4, -0.2) is 51.8 Å². The zero-order valence-electron chi connectivity index (χ0n) is 16.6. The Kier molecular flexibility index (Phi) is 7.47. The highest BCUT2D eigenvalue weighted by Gasteiger charge is 2.16. The number of anilines is 2. The number of benzene rings is 2. The Morgan fingerprint density at radius 3 is 2.66 bits per heavy atom.